The van der Waals surface area contributed by atoms with Gasteiger partial charge in [-0.1, -0.05) is 12.8 Å². The molecule has 6 nitrogen and oxygen atoms in total. The first kappa shape index (κ1) is 18.0. The van der Waals surface area contributed by atoms with Crippen molar-refractivity contribution in [3.05, 3.63) is 42.5 Å². The molecule has 1 amide bonds. The van der Waals surface area contributed by atoms with Gasteiger partial charge < -0.3 is 14.6 Å². The minimum Gasteiger partial charge on any atom is -0.472 e. The Hall–Kier alpha value is -2.34. The molecule has 1 N–H and O–H groups in total. The fourth-order valence-corrected chi connectivity index (χ4v) is 4.08. The van der Waals surface area contributed by atoms with Gasteiger partial charge in [0, 0.05) is 44.2 Å². The number of nitrogens with one attached hydrogen (secondary N) is 1. The molecule has 0 unspecified atom stereocenters. The zero-order valence-electron chi connectivity index (χ0n) is 15.8. The summed E-state index contributed by atoms with van der Waals surface area (Å²) in [7, 11) is 0. The van der Waals surface area contributed by atoms with Crippen molar-refractivity contribution < 1.29 is 9.21 Å². The smallest absolute Gasteiger partial charge is 0.227 e. The van der Waals surface area contributed by atoms with Crippen LogP contribution in [0.2, 0.25) is 0 Å². The number of carbonyl (C=O) groups excluding carboxylic acids is 1. The van der Waals surface area contributed by atoms with Crippen molar-refractivity contribution in [3.63, 3.8) is 0 Å². The summed E-state index contributed by atoms with van der Waals surface area (Å²) in [5.74, 6) is 1.31. The second-order valence-electron chi connectivity index (χ2n) is 7.62. The first-order chi connectivity index (χ1) is 13.3. The maximum atomic E-state index is 12.3. The summed E-state index contributed by atoms with van der Waals surface area (Å²) in [4.78, 5) is 21.6. The lowest BCUT2D eigenvalue weighted by molar-refractivity contribution is -0.119. The summed E-state index contributed by atoms with van der Waals surface area (Å²) in [6.45, 7) is 4.98. The highest BCUT2D eigenvalue weighted by Crippen LogP contribution is 2.26. The summed E-state index contributed by atoms with van der Waals surface area (Å²) >= 11 is 0. The summed E-state index contributed by atoms with van der Waals surface area (Å²) < 4.78 is 5.17. The van der Waals surface area contributed by atoms with Gasteiger partial charge in [-0.2, -0.15) is 0 Å². The van der Waals surface area contributed by atoms with Crippen LogP contribution in [0.25, 0.3) is 0 Å². The molecule has 2 aromatic heterocycles. The third-order valence-electron chi connectivity index (χ3n) is 5.64. The van der Waals surface area contributed by atoms with Gasteiger partial charge in [0.15, 0.2) is 0 Å². The molecular formula is C21H28N4O2. The molecule has 2 fully saturated rings. The molecule has 0 spiro atoms. The Labute approximate surface area is 160 Å². The third kappa shape index (κ3) is 4.69. The van der Waals surface area contributed by atoms with Crippen LogP contribution in [0.1, 0.15) is 37.7 Å². The van der Waals surface area contributed by atoms with Gasteiger partial charge in [0.1, 0.15) is 5.82 Å². The van der Waals surface area contributed by atoms with Crippen LogP contribution in [0.3, 0.4) is 0 Å². The van der Waals surface area contributed by atoms with Crippen molar-refractivity contribution in [1.29, 1.82) is 0 Å². The lowest BCUT2D eigenvalue weighted by Gasteiger charge is -2.22. The molecule has 0 atom stereocenters. The molecule has 0 bridgehead atoms. The van der Waals surface area contributed by atoms with Gasteiger partial charge in [0.25, 0.3) is 0 Å². The van der Waals surface area contributed by atoms with Crippen LogP contribution in [0, 0.1) is 5.92 Å². The Balaban J connectivity index is 1.31. The Kier molecular flexibility index (Phi) is 5.72. The monoisotopic (exact) mass is 368 g/mol. The van der Waals surface area contributed by atoms with Crippen LogP contribution in [0.4, 0.5) is 11.5 Å². The minimum absolute atomic E-state index is 0.145. The first-order valence-electron chi connectivity index (χ1n) is 10.0. The Morgan fingerprint density at radius 2 is 2.00 bits per heavy atom. The van der Waals surface area contributed by atoms with E-state index in [2.05, 4.69) is 20.1 Å². The Bertz CT molecular complexity index is 723. The molecule has 4 rings (SSSR count). The summed E-state index contributed by atoms with van der Waals surface area (Å²) in [5, 5.41) is 3.02. The number of hydrogen-bond acceptors (Lipinski definition) is 5. The molecular weight excluding hydrogens is 340 g/mol. The van der Waals surface area contributed by atoms with E-state index in [-0.39, 0.29) is 11.8 Å². The van der Waals surface area contributed by atoms with Crippen molar-refractivity contribution in [3.8, 4) is 0 Å². The molecule has 1 saturated carbocycles. The number of nitrogens with zero attached hydrogens (tertiary/aromatic N) is 3. The highest BCUT2D eigenvalue weighted by Gasteiger charge is 2.23. The number of carbonyl (C=O) groups is 1. The molecule has 1 saturated heterocycles. The normalized spacial score (nSPS) is 19.2. The third-order valence-corrected chi connectivity index (χ3v) is 5.64. The molecule has 2 aliphatic rings. The predicted molar refractivity (Wildman–Crippen MR) is 106 cm³/mol. The van der Waals surface area contributed by atoms with E-state index in [1.54, 1.807) is 12.5 Å². The number of rotatable bonds is 5. The molecule has 27 heavy (non-hydrogen) atoms. The Morgan fingerprint density at radius 3 is 2.74 bits per heavy atom. The van der Waals surface area contributed by atoms with Crippen LogP contribution < -0.4 is 10.2 Å². The van der Waals surface area contributed by atoms with E-state index in [9.17, 15) is 4.79 Å². The number of hydrogen-bond donors (Lipinski definition) is 1. The molecule has 2 aromatic rings. The van der Waals surface area contributed by atoms with Crippen molar-refractivity contribution in [2.24, 2.45) is 5.92 Å². The summed E-state index contributed by atoms with van der Waals surface area (Å²) in [6.07, 6.45) is 10.8. The average Bonchev–Trinajstić information content (AvgIpc) is 3.35. The minimum atomic E-state index is 0.145. The zero-order chi connectivity index (χ0) is 18.5. The van der Waals surface area contributed by atoms with Crippen LogP contribution in [-0.4, -0.2) is 42.0 Å². The van der Waals surface area contributed by atoms with E-state index in [1.807, 2.05) is 24.5 Å². The molecule has 0 aromatic carbocycles. The lowest BCUT2D eigenvalue weighted by Crippen LogP contribution is -2.30. The predicted octanol–water partition coefficient (Wildman–Crippen LogP) is 3.52. The molecule has 0 radical (unpaired) electrons. The van der Waals surface area contributed by atoms with Crippen molar-refractivity contribution in [2.75, 3.05) is 36.4 Å². The van der Waals surface area contributed by atoms with E-state index in [0.717, 1.165) is 63.5 Å². The Morgan fingerprint density at radius 1 is 1.11 bits per heavy atom. The van der Waals surface area contributed by atoms with Crippen LogP contribution in [-0.2, 0) is 11.3 Å². The molecule has 3 heterocycles. The number of amides is 1. The second kappa shape index (κ2) is 8.57. The largest absolute Gasteiger partial charge is 0.472 e. The van der Waals surface area contributed by atoms with Gasteiger partial charge in [-0.25, -0.2) is 4.98 Å². The summed E-state index contributed by atoms with van der Waals surface area (Å²) in [6, 6.07) is 6.03. The highest BCUT2D eigenvalue weighted by atomic mass is 16.3. The quantitative estimate of drug-likeness (QED) is 0.875. The number of aromatic nitrogens is 1. The van der Waals surface area contributed by atoms with Gasteiger partial charge in [-0.3, -0.25) is 9.69 Å². The molecule has 1 aliphatic carbocycles. The van der Waals surface area contributed by atoms with Gasteiger partial charge in [-0.15, -0.1) is 0 Å². The topological polar surface area (TPSA) is 61.6 Å². The number of furan rings is 1. The van der Waals surface area contributed by atoms with Crippen LogP contribution in [0.15, 0.2) is 41.3 Å². The second-order valence-corrected chi connectivity index (χ2v) is 7.62. The van der Waals surface area contributed by atoms with E-state index in [4.69, 9.17) is 4.42 Å². The standard InChI is InChI=1S/C21H28N4O2/c26-21(18-4-1-2-5-18)23-19-6-7-20(22-14-19)25-10-3-9-24(11-12-25)15-17-8-13-27-16-17/h6-8,13-14,16,18H,1-5,9-12,15H2,(H,23,26). The average molecular weight is 368 g/mol. The van der Waals surface area contributed by atoms with Gasteiger partial charge in [0.05, 0.1) is 24.4 Å². The SMILES string of the molecule is O=C(Nc1ccc(N2CCCN(Cc3ccoc3)CC2)nc1)C1CCCC1. The molecule has 6 heteroatoms. The van der Waals surface area contributed by atoms with Crippen molar-refractivity contribution in [2.45, 2.75) is 38.6 Å². The number of anilines is 2. The van der Waals surface area contributed by atoms with E-state index >= 15 is 0 Å². The molecule has 1 aliphatic heterocycles. The van der Waals surface area contributed by atoms with E-state index in [1.165, 1.54) is 18.4 Å². The highest BCUT2D eigenvalue weighted by molar-refractivity contribution is 5.92. The van der Waals surface area contributed by atoms with Gasteiger partial charge in [-0.05, 0) is 37.5 Å². The van der Waals surface area contributed by atoms with Gasteiger partial charge in [0.2, 0.25) is 5.91 Å². The van der Waals surface area contributed by atoms with Crippen molar-refractivity contribution >= 4 is 17.4 Å². The fraction of sp³-hybridized carbons (Fsp3) is 0.524. The zero-order valence-corrected chi connectivity index (χ0v) is 15.8. The van der Waals surface area contributed by atoms with Gasteiger partial charge >= 0.3 is 0 Å². The maximum Gasteiger partial charge on any atom is 0.227 e. The summed E-state index contributed by atoms with van der Waals surface area (Å²) in [5.41, 5.74) is 2.02. The van der Waals surface area contributed by atoms with Crippen LogP contribution >= 0.6 is 0 Å². The first-order valence-corrected chi connectivity index (χ1v) is 10.0. The lowest BCUT2D eigenvalue weighted by atomic mass is 10.1. The van der Waals surface area contributed by atoms with E-state index < -0.39 is 0 Å². The number of pyridine rings is 1. The maximum absolute atomic E-state index is 12.3. The van der Waals surface area contributed by atoms with Crippen LogP contribution in [0.5, 0.6) is 0 Å². The van der Waals surface area contributed by atoms with Crippen molar-refractivity contribution in [1.82, 2.24) is 9.88 Å². The molecule has 144 valence electrons. The van der Waals surface area contributed by atoms with E-state index in [0.29, 0.717) is 0 Å². The fourth-order valence-electron chi connectivity index (χ4n) is 4.08.